The molecule has 2 aliphatic heterocycles. The third-order valence-electron chi connectivity index (χ3n) is 5.83. The molecular weight excluding hydrogens is 415 g/mol. The molecule has 1 aromatic carbocycles. The van der Waals surface area contributed by atoms with Crippen LogP contribution in [0.3, 0.4) is 0 Å². The molecule has 1 aromatic heterocycles. The third-order valence-corrected chi connectivity index (χ3v) is 5.83. The van der Waals surface area contributed by atoms with Crippen LogP contribution in [-0.4, -0.2) is 70.2 Å². The second kappa shape index (κ2) is 10.0. The number of nitro groups is 1. The van der Waals surface area contributed by atoms with Crippen molar-refractivity contribution in [3.8, 4) is 23.3 Å². The summed E-state index contributed by atoms with van der Waals surface area (Å²) in [4.78, 5) is 18.7. The lowest BCUT2D eigenvalue weighted by Gasteiger charge is -2.21. The maximum atomic E-state index is 14.2. The molecule has 3 heterocycles. The number of non-ortho nitro benzene ring substituents is 1. The predicted octanol–water partition coefficient (Wildman–Crippen LogP) is 2.66. The van der Waals surface area contributed by atoms with Crippen molar-refractivity contribution in [1.29, 1.82) is 0 Å². The second-order valence-corrected chi connectivity index (χ2v) is 8.18. The SMILES string of the molecule is O=[N+]([O-])c1ccc(Oc2ccncc2C#CCN2CC(CN3CCCC3)[C@H](O)C2)c(F)c1. The molecule has 4 rings (SSSR count). The normalized spacial score (nSPS) is 21.3. The van der Waals surface area contributed by atoms with Gasteiger partial charge in [0.05, 0.1) is 29.2 Å². The summed E-state index contributed by atoms with van der Waals surface area (Å²) in [6, 6.07) is 4.79. The largest absolute Gasteiger partial charge is 0.453 e. The van der Waals surface area contributed by atoms with E-state index in [1.807, 2.05) is 0 Å². The summed E-state index contributed by atoms with van der Waals surface area (Å²) in [7, 11) is 0. The van der Waals surface area contributed by atoms with Gasteiger partial charge in [-0.1, -0.05) is 11.8 Å². The topological polar surface area (TPSA) is 92.0 Å². The number of aliphatic hydroxyl groups excluding tert-OH is 1. The number of aromatic nitrogens is 1. The molecule has 0 radical (unpaired) electrons. The predicted molar refractivity (Wildman–Crippen MR) is 116 cm³/mol. The first kappa shape index (κ1) is 22.1. The molecule has 0 bridgehead atoms. The van der Waals surface area contributed by atoms with Crippen molar-refractivity contribution in [3.63, 3.8) is 0 Å². The molecule has 32 heavy (non-hydrogen) atoms. The number of hydrogen-bond donors (Lipinski definition) is 1. The fraction of sp³-hybridized carbons (Fsp3) is 0.435. The summed E-state index contributed by atoms with van der Waals surface area (Å²) in [5.41, 5.74) is 0.138. The number of aliphatic hydroxyl groups is 1. The lowest BCUT2D eigenvalue weighted by molar-refractivity contribution is -0.385. The van der Waals surface area contributed by atoms with E-state index in [-0.39, 0.29) is 23.5 Å². The van der Waals surface area contributed by atoms with E-state index in [0.717, 1.165) is 32.2 Å². The molecule has 1 unspecified atom stereocenters. The molecule has 0 amide bonds. The van der Waals surface area contributed by atoms with Gasteiger partial charge in [0.25, 0.3) is 5.69 Å². The minimum Gasteiger partial charge on any atom is -0.453 e. The summed E-state index contributed by atoms with van der Waals surface area (Å²) in [5, 5.41) is 21.2. The fourth-order valence-electron chi connectivity index (χ4n) is 4.16. The molecule has 0 saturated carbocycles. The second-order valence-electron chi connectivity index (χ2n) is 8.18. The average molecular weight is 440 g/mol. The molecule has 1 N–H and O–H groups in total. The van der Waals surface area contributed by atoms with Gasteiger partial charge in [-0.15, -0.1) is 0 Å². The standard InChI is InChI=1S/C23H25FN4O4/c24-20-12-19(28(30)31)5-6-23(20)32-22-7-8-25-13-17(22)4-3-11-27-15-18(21(29)16-27)14-26-9-1-2-10-26/h5-8,12-13,18,21,29H,1-2,9-11,14-16H2/t18?,21-/m1/s1. The van der Waals surface area contributed by atoms with Crippen LogP contribution >= 0.6 is 0 Å². The quantitative estimate of drug-likeness (QED) is 0.419. The van der Waals surface area contributed by atoms with Crippen LogP contribution < -0.4 is 4.74 Å². The van der Waals surface area contributed by atoms with Gasteiger partial charge in [0.1, 0.15) is 5.75 Å². The van der Waals surface area contributed by atoms with Crippen LogP contribution in [0.2, 0.25) is 0 Å². The van der Waals surface area contributed by atoms with Crippen LogP contribution in [0, 0.1) is 33.7 Å². The molecule has 0 aliphatic carbocycles. The molecule has 168 valence electrons. The Kier molecular flexibility index (Phi) is 6.95. The molecule has 2 saturated heterocycles. The number of likely N-dealkylation sites (tertiary alicyclic amines) is 2. The van der Waals surface area contributed by atoms with Gasteiger partial charge in [-0.05, 0) is 32.0 Å². The van der Waals surface area contributed by atoms with Gasteiger partial charge >= 0.3 is 0 Å². The van der Waals surface area contributed by atoms with Gasteiger partial charge in [-0.2, -0.15) is 0 Å². The molecule has 9 heteroatoms. The molecule has 0 spiro atoms. The van der Waals surface area contributed by atoms with Crippen molar-refractivity contribution in [2.24, 2.45) is 5.92 Å². The summed E-state index contributed by atoms with van der Waals surface area (Å²) in [6.07, 6.45) is 5.15. The van der Waals surface area contributed by atoms with E-state index in [1.165, 1.54) is 37.4 Å². The molecular formula is C23H25FN4O4. The van der Waals surface area contributed by atoms with E-state index < -0.39 is 10.7 Å². The fourth-order valence-corrected chi connectivity index (χ4v) is 4.16. The highest BCUT2D eigenvalue weighted by Gasteiger charge is 2.32. The first-order valence-electron chi connectivity index (χ1n) is 10.7. The van der Waals surface area contributed by atoms with Crippen molar-refractivity contribution >= 4 is 5.69 Å². The van der Waals surface area contributed by atoms with E-state index >= 15 is 0 Å². The zero-order chi connectivity index (χ0) is 22.5. The number of halogens is 1. The number of rotatable bonds is 6. The molecule has 2 aliphatic rings. The lowest BCUT2D eigenvalue weighted by Crippen LogP contribution is -2.32. The van der Waals surface area contributed by atoms with E-state index in [4.69, 9.17) is 4.74 Å². The Labute approximate surface area is 185 Å². The van der Waals surface area contributed by atoms with Crippen molar-refractivity contribution in [2.45, 2.75) is 18.9 Å². The van der Waals surface area contributed by atoms with Crippen molar-refractivity contribution in [2.75, 3.05) is 39.3 Å². The van der Waals surface area contributed by atoms with Crippen LogP contribution in [0.25, 0.3) is 0 Å². The number of nitrogens with zero attached hydrogens (tertiary/aromatic N) is 4. The van der Waals surface area contributed by atoms with Gasteiger partial charge in [0, 0.05) is 50.1 Å². The molecule has 2 atom stereocenters. The number of nitro benzene ring substituents is 1. The van der Waals surface area contributed by atoms with Gasteiger partial charge in [-0.25, -0.2) is 4.39 Å². The molecule has 2 aromatic rings. The first-order chi connectivity index (χ1) is 15.5. The minimum atomic E-state index is -0.829. The maximum absolute atomic E-state index is 14.2. The summed E-state index contributed by atoms with van der Waals surface area (Å²) in [6.45, 7) is 5.04. The maximum Gasteiger partial charge on any atom is 0.272 e. The zero-order valence-corrected chi connectivity index (χ0v) is 17.6. The Hall–Kier alpha value is -3.06. The lowest BCUT2D eigenvalue weighted by atomic mass is 10.1. The van der Waals surface area contributed by atoms with Crippen molar-refractivity contribution in [3.05, 3.63) is 58.2 Å². The number of ether oxygens (including phenoxy) is 1. The first-order valence-corrected chi connectivity index (χ1v) is 10.7. The van der Waals surface area contributed by atoms with E-state index in [9.17, 15) is 19.6 Å². The Balaban J connectivity index is 1.38. The van der Waals surface area contributed by atoms with E-state index in [1.54, 1.807) is 6.07 Å². The highest BCUT2D eigenvalue weighted by Crippen LogP contribution is 2.29. The van der Waals surface area contributed by atoms with Crippen LogP contribution in [-0.2, 0) is 0 Å². The van der Waals surface area contributed by atoms with Crippen molar-refractivity contribution in [1.82, 2.24) is 14.8 Å². The van der Waals surface area contributed by atoms with Gasteiger partial charge in [-0.3, -0.25) is 20.0 Å². The van der Waals surface area contributed by atoms with Gasteiger partial charge in [0.2, 0.25) is 0 Å². The van der Waals surface area contributed by atoms with Gasteiger partial charge in [0.15, 0.2) is 11.6 Å². The zero-order valence-electron chi connectivity index (χ0n) is 17.6. The molecule has 8 nitrogen and oxygen atoms in total. The summed E-state index contributed by atoms with van der Waals surface area (Å²) < 4.78 is 19.8. The van der Waals surface area contributed by atoms with Crippen LogP contribution in [0.5, 0.6) is 11.5 Å². The monoisotopic (exact) mass is 440 g/mol. The highest BCUT2D eigenvalue weighted by molar-refractivity contribution is 5.47. The van der Waals surface area contributed by atoms with E-state index in [0.29, 0.717) is 24.4 Å². The number of pyridine rings is 1. The highest BCUT2D eigenvalue weighted by atomic mass is 19.1. The Morgan fingerprint density at radius 3 is 2.78 bits per heavy atom. The third kappa shape index (κ3) is 5.40. The van der Waals surface area contributed by atoms with Crippen LogP contribution in [0.1, 0.15) is 18.4 Å². The number of benzene rings is 1. The number of β-amino-alcohol motifs (C(OH)–C–C–N with tert-alkyl or cyclic N) is 1. The Bertz CT molecular complexity index is 1030. The summed E-state index contributed by atoms with van der Waals surface area (Å²) >= 11 is 0. The summed E-state index contributed by atoms with van der Waals surface area (Å²) in [5.74, 6) is 5.69. The molecule has 2 fully saturated rings. The minimum absolute atomic E-state index is 0.128. The number of hydrogen-bond acceptors (Lipinski definition) is 7. The Morgan fingerprint density at radius 1 is 1.22 bits per heavy atom. The average Bonchev–Trinajstić information content (AvgIpc) is 3.40. The van der Waals surface area contributed by atoms with Crippen LogP contribution in [0.15, 0.2) is 36.7 Å². The van der Waals surface area contributed by atoms with E-state index in [2.05, 4.69) is 26.6 Å². The van der Waals surface area contributed by atoms with Gasteiger partial charge < -0.3 is 14.7 Å². The Morgan fingerprint density at radius 2 is 2.03 bits per heavy atom. The van der Waals surface area contributed by atoms with Crippen LogP contribution in [0.4, 0.5) is 10.1 Å². The smallest absolute Gasteiger partial charge is 0.272 e. The van der Waals surface area contributed by atoms with Crippen molar-refractivity contribution < 1.29 is 19.2 Å².